The van der Waals surface area contributed by atoms with Crippen LogP contribution < -0.4 is 0 Å². The first-order valence-corrected chi connectivity index (χ1v) is 5.45. The summed E-state index contributed by atoms with van der Waals surface area (Å²) < 4.78 is 25.8. The van der Waals surface area contributed by atoms with Crippen molar-refractivity contribution >= 4 is 5.78 Å². The Bertz CT molecular complexity index is 596. The van der Waals surface area contributed by atoms with Gasteiger partial charge in [-0.3, -0.25) is 9.78 Å². The van der Waals surface area contributed by atoms with Gasteiger partial charge >= 0.3 is 0 Å². The number of carbonyl (C=O) groups excluding carboxylic acids is 1. The zero-order valence-corrected chi connectivity index (χ0v) is 9.78. The lowest BCUT2D eigenvalue weighted by Crippen LogP contribution is -2.06. The quantitative estimate of drug-likeness (QED) is 0.780. The number of pyridine rings is 1. The van der Waals surface area contributed by atoms with Crippen LogP contribution in [0.5, 0.6) is 0 Å². The molecule has 0 aliphatic carbocycles. The summed E-state index contributed by atoms with van der Waals surface area (Å²) in [6, 6.07) is 5.10. The summed E-state index contributed by atoms with van der Waals surface area (Å²) in [6.45, 7) is 1.78. The first-order chi connectivity index (χ1) is 8.58. The summed E-state index contributed by atoms with van der Waals surface area (Å²) in [6.07, 6.45) is 3.17. The van der Waals surface area contributed by atoms with Crippen molar-refractivity contribution in [3.8, 4) is 0 Å². The second-order valence-corrected chi connectivity index (χ2v) is 4.04. The van der Waals surface area contributed by atoms with Crippen molar-refractivity contribution in [3.63, 3.8) is 0 Å². The van der Waals surface area contributed by atoms with Crippen molar-refractivity contribution in [2.45, 2.75) is 13.3 Å². The van der Waals surface area contributed by atoms with Crippen molar-refractivity contribution in [3.05, 3.63) is 65.0 Å². The Balaban J connectivity index is 2.22. The minimum atomic E-state index is -0.938. The molecule has 4 heteroatoms. The van der Waals surface area contributed by atoms with Gasteiger partial charge in [-0.15, -0.1) is 0 Å². The van der Waals surface area contributed by atoms with E-state index in [9.17, 15) is 13.6 Å². The van der Waals surface area contributed by atoms with Gasteiger partial charge in [-0.25, -0.2) is 8.78 Å². The van der Waals surface area contributed by atoms with E-state index in [1.54, 1.807) is 19.2 Å². The summed E-state index contributed by atoms with van der Waals surface area (Å²) in [5.74, 6) is -1.99. The highest BCUT2D eigenvalue weighted by atomic mass is 19.2. The molecule has 1 aromatic carbocycles. The molecule has 0 spiro atoms. The summed E-state index contributed by atoms with van der Waals surface area (Å²) in [5, 5.41) is 0. The maximum Gasteiger partial charge on any atom is 0.167 e. The van der Waals surface area contributed by atoms with Crippen LogP contribution >= 0.6 is 0 Å². The van der Waals surface area contributed by atoms with Crippen molar-refractivity contribution in [1.29, 1.82) is 0 Å². The van der Waals surface area contributed by atoms with Gasteiger partial charge in [0.05, 0.1) is 0 Å². The number of aromatic nitrogens is 1. The van der Waals surface area contributed by atoms with Crippen LogP contribution in [0.15, 0.2) is 36.7 Å². The molecular weight excluding hydrogens is 236 g/mol. The van der Waals surface area contributed by atoms with Gasteiger partial charge in [0.2, 0.25) is 0 Å². The zero-order valence-electron chi connectivity index (χ0n) is 9.78. The zero-order chi connectivity index (χ0) is 13.1. The SMILES string of the molecule is Cc1cnccc1C(=O)Cc1ccc(F)c(F)c1. The molecule has 0 aliphatic rings. The van der Waals surface area contributed by atoms with E-state index in [0.29, 0.717) is 11.1 Å². The number of halogens is 2. The molecule has 0 N–H and O–H groups in total. The van der Waals surface area contributed by atoms with Crippen molar-refractivity contribution in [2.24, 2.45) is 0 Å². The molecule has 0 unspecified atom stereocenters. The van der Waals surface area contributed by atoms with E-state index in [4.69, 9.17) is 0 Å². The van der Waals surface area contributed by atoms with E-state index < -0.39 is 11.6 Å². The Labute approximate surface area is 103 Å². The fourth-order valence-electron chi connectivity index (χ4n) is 1.72. The summed E-state index contributed by atoms with van der Waals surface area (Å²) >= 11 is 0. The van der Waals surface area contributed by atoms with Crippen molar-refractivity contribution in [1.82, 2.24) is 4.98 Å². The highest BCUT2D eigenvalue weighted by Crippen LogP contribution is 2.13. The number of carbonyl (C=O) groups is 1. The smallest absolute Gasteiger partial charge is 0.167 e. The van der Waals surface area contributed by atoms with Crippen LogP contribution in [-0.2, 0) is 6.42 Å². The fourth-order valence-corrected chi connectivity index (χ4v) is 1.72. The second kappa shape index (κ2) is 5.04. The van der Waals surface area contributed by atoms with Gasteiger partial charge < -0.3 is 0 Å². The van der Waals surface area contributed by atoms with E-state index in [0.717, 1.165) is 17.7 Å². The molecule has 0 fully saturated rings. The van der Waals surface area contributed by atoms with E-state index in [1.807, 2.05) is 0 Å². The van der Waals surface area contributed by atoms with Gasteiger partial charge in [-0.05, 0) is 36.2 Å². The lowest BCUT2D eigenvalue weighted by molar-refractivity contribution is 0.0992. The normalized spacial score (nSPS) is 10.4. The Kier molecular flexibility index (Phi) is 3.46. The van der Waals surface area contributed by atoms with E-state index in [1.165, 1.54) is 12.3 Å². The molecule has 92 valence electrons. The molecule has 0 radical (unpaired) electrons. The van der Waals surface area contributed by atoms with Crippen LogP contribution in [0.3, 0.4) is 0 Å². The van der Waals surface area contributed by atoms with Crippen LogP contribution in [0.2, 0.25) is 0 Å². The van der Waals surface area contributed by atoms with Crippen LogP contribution in [0.1, 0.15) is 21.5 Å². The number of hydrogen-bond donors (Lipinski definition) is 0. The number of nitrogens with zero attached hydrogens (tertiary/aromatic N) is 1. The average Bonchev–Trinajstić information content (AvgIpc) is 2.34. The fraction of sp³-hybridized carbons (Fsp3) is 0.143. The van der Waals surface area contributed by atoms with Crippen LogP contribution in [0.25, 0.3) is 0 Å². The topological polar surface area (TPSA) is 30.0 Å². The van der Waals surface area contributed by atoms with Crippen LogP contribution in [-0.4, -0.2) is 10.8 Å². The lowest BCUT2D eigenvalue weighted by atomic mass is 10.0. The molecule has 0 saturated heterocycles. The second-order valence-electron chi connectivity index (χ2n) is 4.04. The molecule has 0 bridgehead atoms. The molecule has 1 heterocycles. The number of ketones is 1. The molecule has 0 saturated carbocycles. The molecule has 2 rings (SSSR count). The minimum absolute atomic E-state index is 0.0437. The minimum Gasteiger partial charge on any atom is -0.294 e. The standard InChI is InChI=1S/C14H11F2NO/c1-9-8-17-5-4-11(9)14(18)7-10-2-3-12(15)13(16)6-10/h2-6,8H,7H2,1H3. The summed E-state index contributed by atoms with van der Waals surface area (Å²) in [7, 11) is 0. The predicted molar refractivity (Wildman–Crippen MR) is 63.4 cm³/mol. The molecule has 2 aromatic rings. The molecule has 2 nitrogen and oxygen atoms in total. The number of aryl methyl sites for hydroxylation is 1. The third-order valence-electron chi connectivity index (χ3n) is 2.67. The van der Waals surface area contributed by atoms with Crippen molar-refractivity contribution < 1.29 is 13.6 Å². The number of rotatable bonds is 3. The lowest BCUT2D eigenvalue weighted by Gasteiger charge is -2.04. The molecule has 0 aliphatic heterocycles. The maximum absolute atomic E-state index is 13.0. The Hall–Kier alpha value is -2.10. The van der Waals surface area contributed by atoms with Gasteiger partial charge in [0.25, 0.3) is 0 Å². The highest BCUT2D eigenvalue weighted by molar-refractivity contribution is 5.98. The highest BCUT2D eigenvalue weighted by Gasteiger charge is 2.11. The van der Waals surface area contributed by atoms with E-state index in [2.05, 4.69) is 4.98 Å². The third kappa shape index (κ3) is 2.59. The maximum atomic E-state index is 13.0. The van der Waals surface area contributed by atoms with Gasteiger partial charge in [0, 0.05) is 24.4 Å². The Morgan fingerprint density at radius 1 is 1.22 bits per heavy atom. The number of Topliss-reactive ketones (excluding diaryl/α,β-unsaturated/α-hetero) is 1. The predicted octanol–water partition coefficient (Wildman–Crippen LogP) is 3.09. The number of benzene rings is 1. The molecular formula is C14H11F2NO. The van der Waals surface area contributed by atoms with Crippen LogP contribution in [0.4, 0.5) is 8.78 Å². The van der Waals surface area contributed by atoms with Gasteiger partial charge in [0.15, 0.2) is 17.4 Å². The van der Waals surface area contributed by atoms with Gasteiger partial charge in [-0.1, -0.05) is 6.07 Å². The third-order valence-corrected chi connectivity index (χ3v) is 2.67. The van der Waals surface area contributed by atoms with E-state index in [-0.39, 0.29) is 12.2 Å². The molecule has 0 atom stereocenters. The van der Waals surface area contributed by atoms with Crippen molar-refractivity contribution in [2.75, 3.05) is 0 Å². The van der Waals surface area contributed by atoms with Gasteiger partial charge in [0.1, 0.15) is 0 Å². The van der Waals surface area contributed by atoms with Gasteiger partial charge in [-0.2, -0.15) is 0 Å². The first kappa shape index (κ1) is 12.4. The molecule has 1 aromatic heterocycles. The van der Waals surface area contributed by atoms with Crippen LogP contribution in [0, 0.1) is 18.6 Å². The first-order valence-electron chi connectivity index (χ1n) is 5.45. The Morgan fingerprint density at radius 3 is 2.67 bits per heavy atom. The summed E-state index contributed by atoms with van der Waals surface area (Å²) in [4.78, 5) is 15.9. The average molecular weight is 247 g/mol. The Morgan fingerprint density at radius 2 is 2.00 bits per heavy atom. The largest absolute Gasteiger partial charge is 0.294 e. The molecule has 18 heavy (non-hydrogen) atoms. The molecule has 0 amide bonds. The monoisotopic (exact) mass is 247 g/mol. The van der Waals surface area contributed by atoms with E-state index >= 15 is 0 Å². The summed E-state index contributed by atoms with van der Waals surface area (Å²) in [5.41, 5.74) is 1.77. The number of hydrogen-bond acceptors (Lipinski definition) is 2.